The summed E-state index contributed by atoms with van der Waals surface area (Å²) in [4.78, 5) is 20.2. The fraction of sp³-hybridized carbons (Fsp3) is 0. The zero-order valence-electron chi connectivity index (χ0n) is 11.3. The molecule has 0 radical (unpaired) electrons. The molecule has 0 bridgehead atoms. The topological polar surface area (TPSA) is 128 Å². The minimum absolute atomic E-state index is 0.170. The number of hydrogen-bond donors (Lipinski definition) is 3. The van der Waals surface area contributed by atoms with E-state index >= 15 is 0 Å². The molecule has 1 amide bonds. The molecule has 0 aliphatic heterocycles. The summed E-state index contributed by atoms with van der Waals surface area (Å²) in [6, 6.07) is 5.63. The van der Waals surface area contributed by atoms with Gasteiger partial charge in [0.25, 0.3) is 5.91 Å². The van der Waals surface area contributed by atoms with Crippen LogP contribution >= 0.6 is 0 Å². The molecule has 8 heteroatoms. The molecule has 0 spiro atoms. The molecule has 5 N–H and O–H groups in total. The number of nitrogens with zero attached hydrogens (tertiary/aromatic N) is 4. The number of carbonyl (C=O) groups is 1. The number of nitrogens with two attached hydrogens (primary N) is 2. The Morgan fingerprint density at radius 3 is 2.86 bits per heavy atom. The van der Waals surface area contributed by atoms with E-state index in [4.69, 9.17) is 11.5 Å². The first kappa shape index (κ1) is 12.3. The SMILES string of the molecule is NC(=O)c1c(N)n(-c2cccc3[nH]ncc23)c2nccnc12. The lowest BCUT2D eigenvalue weighted by Gasteiger charge is -2.08. The van der Waals surface area contributed by atoms with Crippen molar-refractivity contribution in [2.75, 3.05) is 5.73 Å². The second-order valence-electron chi connectivity index (χ2n) is 4.80. The van der Waals surface area contributed by atoms with E-state index in [1.54, 1.807) is 17.0 Å². The average Bonchev–Trinajstić information content (AvgIpc) is 3.08. The molecule has 0 saturated heterocycles. The number of aromatic nitrogens is 5. The molecular weight excluding hydrogens is 282 g/mol. The van der Waals surface area contributed by atoms with Crippen LogP contribution in [-0.2, 0) is 0 Å². The molecule has 1 aromatic carbocycles. The Bertz CT molecular complexity index is 1030. The Balaban J connectivity index is 2.18. The molecule has 0 aliphatic rings. The number of benzene rings is 1. The van der Waals surface area contributed by atoms with Gasteiger partial charge < -0.3 is 11.5 Å². The number of rotatable bonds is 2. The van der Waals surface area contributed by atoms with Crippen molar-refractivity contribution in [3.8, 4) is 5.69 Å². The van der Waals surface area contributed by atoms with Crippen molar-refractivity contribution in [1.29, 1.82) is 0 Å². The maximum absolute atomic E-state index is 11.7. The minimum Gasteiger partial charge on any atom is -0.384 e. The summed E-state index contributed by atoms with van der Waals surface area (Å²) >= 11 is 0. The second-order valence-corrected chi connectivity index (χ2v) is 4.80. The van der Waals surface area contributed by atoms with Crippen LogP contribution in [-0.4, -0.2) is 30.6 Å². The Morgan fingerprint density at radius 2 is 2.05 bits per heavy atom. The van der Waals surface area contributed by atoms with Crippen molar-refractivity contribution in [2.45, 2.75) is 0 Å². The van der Waals surface area contributed by atoms with E-state index in [1.807, 2.05) is 18.2 Å². The number of nitrogens with one attached hydrogen (secondary N) is 1. The van der Waals surface area contributed by atoms with Gasteiger partial charge in [0.1, 0.15) is 16.9 Å². The number of anilines is 1. The molecule has 108 valence electrons. The Labute approximate surface area is 123 Å². The Kier molecular flexibility index (Phi) is 2.40. The predicted octanol–water partition coefficient (Wildman–Crippen LogP) is 0.978. The second kappa shape index (κ2) is 4.29. The third kappa shape index (κ3) is 1.51. The summed E-state index contributed by atoms with van der Waals surface area (Å²) in [6.45, 7) is 0. The number of hydrogen-bond acceptors (Lipinski definition) is 5. The van der Waals surface area contributed by atoms with Gasteiger partial charge in [-0.05, 0) is 12.1 Å². The normalized spacial score (nSPS) is 11.3. The molecule has 3 aromatic heterocycles. The lowest BCUT2D eigenvalue weighted by atomic mass is 10.2. The number of fused-ring (bicyclic) bond motifs is 2. The standard InChI is InChI=1S/C14H11N7O/c15-12-10(13(16)22)11-14(18-5-4-17-11)21(12)9-3-1-2-8-7(9)6-19-20-8/h1-6H,15H2,(H2,16,22)(H,19,20). The summed E-state index contributed by atoms with van der Waals surface area (Å²) in [5, 5.41) is 7.78. The smallest absolute Gasteiger partial charge is 0.254 e. The van der Waals surface area contributed by atoms with Crippen molar-refractivity contribution in [3.05, 3.63) is 42.4 Å². The van der Waals surface area contributed by atoms with E-state index in [2.05, 4.69) is 20.2 Å². The molecule has 0 unspecified atom stereocenters. The third-order valence-electron chi connectivity index (χ3n) is 3.57. The molecular formula is C14H11N7O. The van der Waals surface area contributed by atoms with Gasteiger partial charge in [-0.1, -0.05) is 6.07 Å². The molecule has 0 fully saturated rings. The van der Waals surface area contributed by atoms with Gasteiger partial charge in [0.15, 0.2) is 5.65 Å². The first-order valence-corrected chi connectivity index (χ1v) is 6.51. The number of carbonyl (C=O) groups excluding carboxylic acids is 1. The van der Waals surface area contributed by atoms with Gasteiger partial charge in [-0.2, -0.15) is 5.10 Å². The van der Waals surface area contributed by atoms with Gasteiger partial charge in [0, 0.05) is 17.8 Å². The maximum atomic E-state index is 11.7. The number of aromatic amines is 1. The van der Waals surface area contributed by atoms with Gasteiger partial charge in [-0.15, -0.1) is 0 Å². The van der Waals surface area contributed by atoms with E-state index in [0.29, 0.717) is 11.2 Å². The molecule has 3 heterocycles. The lowest BCUT2D eigenvalue weighted by Crippen LogP contribution is -2.13. The van der Waals surface area contributed by atoms with Crippen LogP contribution in [0.5, 0.6) is 0 Å². The zero-order valence-corrected chi connectivity index (χ0v) is 11.3. The van der Waals surface area contributed by atoms with Crippen LogP contribution in [0.15, 0.2) is 36.8 Å². The highest BCUT2D eigenvalue weighted by Gasteiger charge is 2.22. The van der Waals surface area contributed by atoms with Crippen molar-refractivity contribution in [2.24, 2.45) is 5.73 Å². The first-order chi connectivity index (χ1) is 10.7. The van der Waals surface area contributed by atoms with E-state index in [-0.39, 0.29) is 11.4 Å². The summed E-state index contributed by atoms with van der Waals surface area (Å²) in [5.74, 6) is -0.427. The maximum Gasteiger partial charge on any atom is 0.254 e. The fourth-order valence-electron chi connectivity index (χ4n) is 2.65. The number of nitrogen functional groups attached to an aromatic ring is 1. The van der Waals surface area contributed by atoms with Crippen molar-refractivity contribution < 1.29 is 4.79 Å². The molecule has 4 rings (SSSR count). The van der Waals surface area contributed by atoms with Crippen LogP contribution in [0.25, 0.3) is 27.8 Å². The minimum atomic E-state index is -0.638. The number of H-pyrrole nitrogens is 1. The molecule has 8 nitrogen and oxygen atoms in total. The quantitative estimate of drug-likeness (QED) is 0.507. The van der Waals surface area contributed by atoms with Crippen LogP contribution in [0, 0.1) is 0 Å². The molecule has 22 heavy (non-hydrogen) atoms. The largest absolute Gasteiger partial charge is 0.384 e. The van der Waals surface area contributed by atoms with E-state index in [9.17, 15) is 4.79 Å². The molecule has 0 aliphatic carbocycles. The third-order valence-corrected chi connectivity index (χ3v) is 3.57. The van der Waals surface area contributed by atoms with Crippen LogP contribution in [0.2, 0.25) is 0 Å². The van der Waals surface area contributed by atoms with Crippen LogP contribution < -0.4 is 11.5 Å². The van der Waals surface area contributed by atoms with Crippen LogP contribution in [0.4, 0.5) is 5.82 Å². The van der Waals surface area contributed by atoms with Crippen molar-refractivity contribution >= 4 is 33.8 Å². The summed E-state index contributed by atoms with van der Waals surface area (Å²) in [6.07, 6.45) is 4.73. The number of primary amides is 1. The highest BCUT2D eigenvalue weighted by Crippen LogP contribution is 2.31. The van der Waals surface area contributed by atoms with Crippen molar-refractivity contribution in [3.63, 3.8) is 0 Å². The fourth-order valence-corrected chi connectivity index (χ4v) is 2.65. The summed E-state index contributed by atoms with van der Waals surface area (Å²) < 4.78 is 1.67. The monoisotopic (exact) mass is 293 g/mol. The molecule has 0 atom stereocenters. The van der Waals surface area contributed by atoms with Gasteiger partial charge >= 0.3 is 0 Å². The summed E-state index contributed by atoms with van der Waals surface area (Å²) in [5.41, 5.74) is 14.2. The Morgan fingerprint density at radius 1 is 1.23 bits per heavy atom. The first-order valence-electron chi connectivity index (χ1n) is 6.51. The van der Waals surface area contributed by atoms with Gasteiger partial charge in [0.05, 0.1) is 17.4 Å². The van der Waals surface area contributed by atoms with E-state index in [0.717, 1.165) is 16.6 Å². The Hall–Kier alpha value is -3.42. The van der Waals surface area contributed by atoms with Crippen LogP contribution in [0.3, 0.4) is 0 Å². The van der Waals surface area contributed by atoms with E-state index < -0.39 is 5.91 Å². The van der Waals surface area contributed by atoms with E-state index in [1.165, 1.54) is 6.20 Å². The average molecular weight is 293 g/mol. The predicted molar refractivity (Wildman–Crippen MR) is 81.4 cm³/mol. The molecule has 0 saturated carbocycles. The van der Waals surface area contributed by atoms with Gasteiger partial charge in [0.2, 0.25) is 0 Å². The van der Waals surface area contributed by atoms with Gasteiger partial charge in [-0.3, -0.25) is 19.4 Å². The molecule has 4 aromatic rings. The lowest BCUT2D eigenvalue weighted by molar-refractivity contribution is 0.100. The summed E-state index contributed by atoms with van der Waals surface area (Å²) in [7, 11) is 0. The van der Waals surface area contributed by atoms with Crippen molar-refractivity contribution in [1.82, 2.24) is 24.7 Å². The highest BCUT2D eigenvalue weighted by atomic mass is 16.1. The van der Waals surface area contributed by atoms with Crippen LogP contribution in [0.1, 0.15) is 10.4 Å². The number of amides is 1. The van der Waals surface area contributed by atoms with Gasteiger partial charge in [-0.25, -0.2) is 4.98 Å². The highest BCUT2D eigenvalue weighted by molar-refractivity contribution is 6.10. The zero-order chi connectivity index (χ0) is 15.3.